The van der Waals surface area contributed by atoms with Crippen LogP contribution < -0.4 is 14.9 Å². The maximum Gasteiger partial charge on any atom is 0.203 e. The van der Waals surface area contributed by atoms with Crippen LogP contribution in [-0.2, 0) is 7.05 Å². The van der Waals surface area contributed by atoms with Gasteiger partial charge in [-0.2, -0.15) is 5.10 Å². The van der Waals surface area contributed by atoms with E-state index in [2.05, 4.69) is 46.2 Å². The number of benzene rings is 2. The van der Waals surface area contributed by atoms with E-state index < -0.39 is 0 Å². The molecule has 148 valence electrons. The lowest BCUT2D eigenvalue weighted by Crippen LogP contribution is -1.94. The van der Waals surface area contributed by atoms with Crippen LogP contribution in [0, 0.1) is 6.92 Å². The number of hydrazone groups is 1. The predicted molar refractivity (Wildman–Crippen MR) is 120 cm³/mol. The third-order valence-electron chi connectivity index (χ3n) is 4.99. The summed E-state index contributed by atoms with van der Waals surface area (Å²) in [5.41, 5.74) is 8.33. The highest BCUT2D eigenvalue weighted by atomic mass is 32.1. The van der Waals surface area contributed by atoms with Gasteiger partial charge in [-0.25, -0.2) is 4.98 Å². The Bertz CT molecular complexity index is 1190. The quantitative estimate of drug-likeness (QED) is 0.359. The smallest absolute Gasteiger partial charge is 0.203 e. The summed E-state index contributed by atoms with van der Waals surface area (Å²) < 4.78 is 12.8. The summed E-state index contributed by atoms with van der Waals surface area (Å²) in [5, 5.41) is 8.32. The number of nitrogens with zero attached hydrogens (tertiary/aromatic N) is 3. The van der Waals surface area contributed by atoms with Crippen LogP contribution in [0.2, 0.25) is 0 Å². The number of anilines is 1. The minimum atomic E-state index is 0.678. The molecule has 7 heteroatoms. The Morgan fingerprint density at radius 3 is 2.69 bits per heavy atom. The van der Waals surface area contributed by atoms with Crippen molar-refractivity contribution in [3.63, 3.8) is 0 Å². The molecule has 0 bridgehead atoms. The van der Waals surface area contributed by atoms with E-state index in [1.807, 2.05) is 41.9 Å². The summed E-state index contributed by atoms with van der Waals surface area (Å²) in [5.74, 6) is 1.37. The molecule has 2 aromatic heterocycles. The number of nitrogens with one attached hydrogen (secondary N) is 1. The van der Waals surface area contributed by atoms with Gasteiger partial charge in [-0.15, -0.1) is 11.3 Å². The number of thiazole rings is 1. The molecule has 0 aliphatic heterocycles. The second-order valence-corrected chi connectivity index (χ2v) is 7.41. The lowest BCUT2D eigenvalue weighted by atomic mass is 10.1. The molecule has 1 N–H and O–H groups in total. The highest BCUT2D eigenvalue weighted by Crippen LogP contribution is 2.33. The van der Waals surface area contributed by atoms with Crippen molar-refractivity contribution in [3.8, 4) is 22.8 Å². The molecule has 0 amide bonds. The van der Waals surface area contributed by atoms with Crippen LogP contribution in [0.3, 0.4) is 0 Å². The number of aromatic nitrogens is 2. The van der Waals surface area contributed by atoms with Crippen molar-refractivity contribution in [1.82, 2.24) is 9.55 Å². The van der Waals surface area contributed by atoms with Crippen LogP contribution in [0.15, 0.2) is 52.9 Å². The Kier molecular flexibility index (Phi) is 5.22. The zero-order valence-corrected chi connectivity index (χ0v) is 17.6. The van der Waals surface area contributed by atoms with E-state index in [1.165, 1.54) is 27.9 Å². The van der Waals surface area contributed by atoms with E-state index in [4.69, 9.17) is 9.47 Å². The summed E-state index contributed by atoms with van der Waals surface area (Å²) in [4.78, 5) is 4.62. The van der Waals surface area contributed by atoms with Gasteiger partial charge in [0.2, 0.25) is 5.13 Å². The number of methoxy groups -OCH3 is 2. The van der Waals surface area contributed by atoms with Gasteiger partial charge in [0.1, 0.15) is 0 Å². The van der Waals surface area contributed by atoms with E-state index in [1.54, 1.807) is 14.2 Å². The molecule has 0 aliphatic carbocycles. The second kappa shape index (κ2) is 7.97. The highest BCUT2D eigenvalue weighted by molar-refractivity contribution is 7.14. The summed E-state index contributed by atoms with van der Waals surface area (Å²) in [6.45, 7) is 2.10. The van der Waals surface area contributed by atoms with Crippen LogP contribution in [0.4, 0.5) is 5.13 Å². The highest BCUT2D eigenvalue weighted by Gasteiger charge is 2.11. The van der Waals surface area contributed by atoms with Crippen LogP contribution in [0.5, 0.6) is 11.5 Å². The molecule has 29 heavy (non-hydrogen) atoms. The standard InChI is InChI=1S/C22H22N4O2S/c1-14-17(16-7-5-6-8-19(16)26(14)2)12-23-25-22-24-18(13-29-22)15-9-10-20(27-3)21(11-15)28-4/h5-13H,1-4H3,(H,24,25)/b23-12-. The van der Waals surface area contributed by atoms with E-state index in [-0.39, 0.29) is 0 Å². The number of rotatable bonds is 6. The molecule has 0 saturated carbocycles. The minimum absolute atomic E-state index is 0.678. The first-order valence-electron chi connectivity index (χ1n) is 9.13. The van der Waals surface area contributed by atoms with Gasteiger partial charge in [-0.1, -0.05) is 18.2 Å². The molecule has 2 heterocycles. The van der Waals surface area contributed by atoms with Crippen molar-refractivity contribution in [2.24, 2.45) is 12.1 Å². The third-order valence-corrected chi connectivity index (χ3v) is 5.73. The van der Waals surface area contributed by atoms with Crippen molar-refractivity contribution in [2.45, 2.75) is 6.92 Å². The average Bonchev–Trinajstić information content (AvgIpc) is 3.32. The summed E-state index contributed by atoms with van der Waals surface area (Å²) in [6.07, 6.45) is 1.86. The van der Waals surface area contributed by atoms with E-state index in [9.17, 15) is 0 Å². The zero-order chi connectivity index (χ0) is 20.4. The zero-order valence-electron chi connectivity index (χ0n) is 16.8. The first-order chi connectivity index (χ1) is 14.1. The van der Waals surface area contributed by atoms with Crippen molar-refractivity contribution >= 4 is 33.6 Å². The maximum absolute atomic E-state index is 5.38. The van der Waals surface area contributed by atoms with Gasteiger partial charge in [0.15, 0.2) is 11.5 Å². The normalized spacial score (nSPS) is 11.3. The van der Waals surface area contributed by atoms with Crippen molar-refractivity contribution < 1.29 is 9.47 Å². The van der Waals surface area contributed by atoms with Crippen molar-refractivity contribution in [3.05, 3.63) is 59.1 Å². The number of para-hydroxylation sites is 1. The minimum Gasteiger partial charge on any atom is -0.493 e. The summed E-state index contributed by atoms with van der Waals surface area (Å²) in [7, 11) is 5.32. The molecule has 0 atom stereocenters. The number of hydrogen-bond acceptors (Lipinski definition) is 6. The number of aryl methyl sites for hydroxylation is 1. The Labute approximate surface area is 173 Å². The predicted octanol–water partition coefficient (Wildman–Crippen LogP) is 5.07. The molecule has 0 fully saturated rings. The van der Waals surface area contributed by atoms with E-state index in [0.717, 1.165) is 22.0 Å². The molecule has 4 rings (SSSR count). The first kappa shape index (κ1) is 19.0. The molecule has 0 spiro atoms. The molecule has 0 saturated heterocycles. The molecule has 4 aromatic rings. The fraction of sp³-hybridized carbons (Fsp3) is 0.182. The molecular formula is C22H22N4O2S. The fourth-order valence-electron chi connectivity index (χ4n) is 3.32. The second-order valence-electron chi connectivity index (χ2n) is 6.55. The Hall–Kier alpha value is -3.32. The maximum atomic E-state index is 5.38. The lowest BCUT2D eigenvalue weighted by Gasteiger charge is -2.08. The van der Waals surface area contributed by atoms with E-state index in [0.29, 0.717) is 11.5 Å². The topological polar surface area (TPSA) is 60.7 Å². The average molecular weight is 407 g/mol. The van der Waals surface area contributed by atoms with Crippen LogP contribution in [0.1, 0.15) is 11.3 Å². The van der Waals surface area contributed by atoms with Gasteiger partial charge in [0.25, 0.3) is 0 Å². The Morgan fingerprint density at radius 2 is 1.90 bits per heavy atom. The number of fused-ring (bicyclic) bond motifs is 1. The summed E-state index contributed by atoms with van der Waals surface area (Å²) >= 11 is 1.50. The number of ether oxygens (including phenoxy) is 2. The molecule has 6 nitrogen and oxygen atoms in total. The molecule has 0 unspecified atom stereocenters. The molecule has 0 aliphatic rings. The first-order valence-corrected chi connectivity index (χ1v) is 10.0. The number of hydrogen-bond donors (Lipinski definition) is 1. The Morgan fingerprint density at radius 1 is 1.10 bits per heavy atom. The SMILES string of the molecule is COc1ccc(-c2csc(N/N=C\c3c(C)n(C)c4ccccc34)n2)cc1OC. The van der Waals surface area contributed by atoms with Gasteiger partial charge in [0, 0.05) is 40.2 Å². The molecule has 2 aromatic carbocycles. The lowest BCUT2D eigenvalue weighted by molar-refractivity contribution is 0.355. The summed E-state index contributed by atoms with van der Waals surface area (Å²) in [6, 6.07) is 14.1. The van der Waals surface area contributed by atoms with Gasteiger partial charge < -0.3 is 14.0 Å². The van der Waals surface area contributed by atoms with Crippen LogP contribution in [0.25, 0.3) is 22.2 Å². The fourth-order valence-corrected chi connectivity index (χ4v) is 3.99. The van der Waals surface area contributed by atoms with Gasteiger partial charge >= 0.3 is 0 Å². The van der Waals surface area contributed by atoms with Crippen LogP contribution in [-0.4, -0.2) is 30.0 Å². The third kappa shape index (κ3) is 3.56. The van der Waals surface area contributed by atoms with Crippen LogP contribution >= 0.6 is 11.3 Å². The molecular weight excluding hydrogens is 384 g/mol. The van der Waals surface area contributed by atoms with Gasteiger partial charge in [-0.05, 0) is 31.2 Å². The largest absolute Gasteiger partial charge is 0.493 e. The molecule has 0 radical (unpaired) electrons. The monoisotopic (exact) mass is 406 g/mol. The van der Waals surface area contributed by atoms with Crippen molar-refractivity contribution in [2.75, 3.05) is 19.6 Å². The Balaban J connectivity index is 1.54. The van der Waals surface area contributed by atoms with E-state index >= 15 is 0 Å². The van der Waals surface area contributed by atoms with Gasteiger partial charge in [-0.3, -0.25) is 5.43 Å². The van der Waals surface area contributed by atoms with Crippen molar-refractivity contribution in [1.29, 1.82) is 0 Å². The van der Waals surface area contributed by atoms with Gasteiger partial charge in [0.05, 0.1) is 26.1 Å².